The Bertz CT molecular complexity index is 863. The van der Waals surface area contributed by atoms with Gasteiger partial charge in [0.15, 0.2) is 5.82 Å². The number of hydrogen-bond donors (Lipinski definition) is 1. The molecule has 0 unspecified atom stereocenters. The molecule has 0 saturated heterocycles. The van der Waals surface area contributed by atoms with Gasteiger partial charge in [-0.15, -0.1) is 5.10 Å². The second-order valence-electron chi connectivity index (χ2n) is 6.78. The molecule has 0 spiro atoms. The molecule has 0 saturated carbocycles. The van der Waals surface area contributed by atoms with Gasteiger partial charge in [0.05, 0.1) is 11.2 Å². The minimum atomic E-state index is -0.385. The van der Waals surface area contributed by atoms with Crippen molar-refractivity contribution in [3.63, 3.8) is 0 Å². The fourth-order valence-corrected chi connectivity index (χ4v) is 3.13. The van der Waals surface area contributed by atoms with Gasteiger partial charge >= 0.3 is 0 Å². The maximum Gasteiger partial charge on any atom is 0.181 e. The van der Waals surface area contributed by atoms with E-state index >= 15 is 0 Å². The predicted octanol–water partition coefficient (Wildman–Crippen LogP) is 4.32. The van der Waals surface area contributed by atoms with Crippen LogP contribution in [0.3, 0.4) is 0 Å². The second kappa shape index (κ2) is 6.67. The molecule has 0 amide bonds. The van der Waals surface area contributed by atoms with Crippen molar-refractivity contribution in [2.45, 2.75) is 46.6 Å². The molecular weight excluding hydrogens is 310 g/mol. The molecular formula is C20H25N5. The first-order valence-corrected chi connectivity index (χ1v) is 8.65. The number of aromatic nitrogens is 4. The van der Waals surface area contributed by atoms with E-state index < -0.39 is 0 Å². The van der Waals surface area contributed by atoms with E-state index in [1.54, 1.807) is 0 Å². The largest absolute Gasteiger partial charge is 0.373 e. The van der Waals surface area contributed by atoms with E-state index in [1.165, 1.54) is 5.56 Å². The zero-order chi connectivity index (χ0) is 18.0. The monoisotopic (exact) mass is 335 g/mol. The van der Waals surface area contributed by atoms with Gasteiger partial charge in [-0.25, -0.2) is 0 Å². The van der Waals surface area contributed by atoms with Crippen LogP contribution >= 0.6 is 0 Å². The average Bonchev–Trinajstić information content (AvgIpc) is 3.07. The van der Waals surface area contributed by atoms with Crippen LogP contribution in [0.4, 0.5) is 5.69 Å². The maximum absolute atomic E-state index is 4.38. The molecule has 1 atom stereocenters. The van der Waals surface area contributed by atoms with E-state index in [0.717, 1.165) is 34.7 Å². The lowest BCUT2D eigenvalue weighted by Gasteiger charge is -2.30. The first-order valence-electron chi connectivity index (χ1n) is 8.65. The standard InChI is InChI=1S/C20H25N5/c1-6-20(5,21-17-13-8-7-10-14(17)2)19-22-23-24-25(19)18-15(3)11-9-12-16(18)4/h7-13,21H,6H2,1-5H3/t20-/m0/s1. The lowest BCUT2D eigenvalue weighted by molar-refractivity contribution is 0.474. The van der Waals surface area contributed by atoms with E-state index in [-0.39, 0.29) is 5.54 Å². The van der Waals surface area contributed by atoms with Crippen LogP contribution in [0.25, 0.3) is 5.69 Å². The van der Waals surface area contributed by atoms with Crippen molar-refractivity contribution in [2.75, 3.05) is 5.32 Å². The molecule has 0 aliphatic carbocycles. The first-order chi connectivity index (χ1) is 12.0. The molecule has 0 fully saturated rings. The molecule has 0 bridgehead atoms. The summed E-state index contributed by atoms with van der Waals surface area (Å²) in [4.78, 5) is 0. The van der Waals surface area contributed by atoms with Gasteiger partial charge in [-0.1, -0.05) is 43.3 Å². The van der Waals surface area contributed by atoms with Crippen molar-refractivity contribution in [1.82, 2.24) is 20.2 Å². The van der Waals surface area contributed by atoms with Gasteiger partial charge in [-0.05, 0) is 67.3 Å². The Morgan fingerprint density at radius 1 is 0.960 bits per heavy atom. The molecule has 25 heavy (non-hydrogen) atoms. The van der Waals surface area contributed by atoms with Crippen LogP contribution in [-0.2, 0) is 5.54 Å². The predicted molar refractivity (Wildman–Crippen MR) is 101 cm³/mol. The topological polar surface area (TPSA) is 55.6 Å². The number of hydrogen-bond acceptors (Lipinski definition) is 4. The van der Waals surface area contributed by atoms with Crippen molar-refractivity contribution in [1.29, 1.82) is 0 Å². The van der Waals surface area contributed by atoms with Crippen LogP contribution in [0.15, 0.2) is 42.5 Å². The smallest absolute Gasteiger partial charge is 0.181 e. The van der Waals surface area contributed by atoms with Crippen LogP contribution in [-0.4, -0.2) is 20.2 Å². The van der Waals surface area contributed by atoms with E-state index in [0.29, 0.717) is 0 Å². The Hall–Kier alpha value is -2.69. The number of nitrogens with one attached hydrogen (secondary N) is 1. The molecule has 2 aromatic carbocycles. The lowest BCUT2D eigenvalue weighted by Crippen LogP contribution is -2.35. The molecule has 1 N–H and O–H groups in total. The van der Waals surface area contributed by atoms with Crippen molar-refractivity contribution in [3.05, 3.63) is 65.0 Å². The second-order valence-corrected chi connectivity index (χ2v) is 6.78. The Balaban J connectivity index is 2.09. The van der Waals surface area contributed by atoms with E-state index in [4.69, 9.17) is 0 Å². The first kappa shape index (κ1) is 17.1. The van der Waals surface area contributed by atoms with Gasteiger partial charge in [-0.2, -0.15) is 4.68 Å². The highest BCUT2D eigenvalue weighted by molar-refractivity contribution is 5.53. The third-order valence-electron chi connectivity index (χ3n) is 4.88. The van der Waals surface area contributed by atoms with Crippen LogP contribution in [0.2, 0.25) is 0 Å². The molecule has 3 rings (SSSR count). The van der Waals surface area contributed by atoms with Crippen LogP contribution in [0, 0.1) is 20.8 Å². The summed E-state index contributed by atoms with van der Waals surface area (Å²) in [7, 11) is 0. The summed E-state index contributed by atoms with van der Waals surface area (Å²) in [6.07, 6.45) is 0.854. The number of aryl methyl sites for hydroxylation is 3. The molecule has 1 heterocycles. The number of benzene rings is 2. The number of para-hydroxylation sites is 2. The highest BCUT2D eigenvalue weighted by Gasteiger charge is 2.32. The van der Waals surface area contributed by atoms with Crippen LogP contribution < -0.4 is 5.32 Å². The van der Waals surface area contributed by atoms with Crippen molar-refractivity contribution in [2.24, 2.45) is 0 Å². The van der Waals surface area contributed by atoms with E-state index in [9.17, 15) is 0 Å². The third kappa shape index (κ3) is 3.14. The molecule has 5 heteroatoms. The quantitative estimate of drug-likeness (QED) is 0.754. The van der Waals surface area contributed by atoms with Crippen molar-refractivity contribution < 1.29 is 0 Å². The van der Waals surface area contributed by atoms with Gasteiger partial charge in [-0.3, -0.25) is 0 Å². The number of anilines is 1. The summed E-state index contributed by atoms with van der Waals surface area (Å²) in [5.41, 5.74) is 5.28. The average molecular weight is 335 g/mol. The summed E-state index contributed by atoms with van der Waals surface area (Å²) >= 11 is 0. The highest BCUT2D eigenvalue weighted by atomic mass is 15.6. The van der Waals surface area contributed by atoms with Gasteiger partial charge in [0.25, 0.3) is 0 Å². The minimum absolute atomic E-state index is 0.385. The number of rotatable bonds is 5. The van der Waals surface area contributed by atoms with Gasteiger partial charge in [0.2, 0.25) is 0 Å². The minimum Gasteiger partial charge on any atom is -0.373 e. The van der Waals surface area contributed by atoms with E-state index in [2.05, 4.69) is 85.8 Å². The molecule has 5 nitrogen and oxygen atoms in total. The van der Waals surface area contributed by atoms with Crippen molar-refractivity contribution in [3.8, 4) is 5.69 Å². The summed E-state index contributed by atoms with van der Waals surface area (Å²) < 4.78 is 1.87. The number of tetrazole rings is 1. The Morgan fingerprint density at radius 2 is 1.60 bits per heavy atom. The van der Waals surface area contributed by atoms with Crippen molar-refractivity contribution >= 4 is 5.69 Å². The fourth-order valence-electron chi connectivity index (χ4n) is 3.13. The summed E-state index contributed by atoms with van der Waals surface area (Å²) in [6.45, 7) is 10.6. The Labute approximate surface area is 149 Å². The zero-order valence-electron chi connectivity index (χ0n) is 15.5. The molecule has 0 radical (unpaired) electrons. The fraction of sp³-hybridized carbons (Fsp3) is 0.350. The lowest BCUT2D eigenvalue weighted by atomic mass is 9.96. The number of nitrogens with zero attached hydrogens (tertiary/aromatic N) is 4. The molecule has 130 valence electrons. The molecule has 0 aliphatic heterocycles. The summed E-state index contributed by atoms with van der Waals surface area (Å²) in [6, 6.07) is 14.5. The van der Waals surface area contributed by atoms with Gasteiger partial charge in [0, 0.05) is 5.69 Å². The normalized spacial score (nSPS) is 13.5. The molecule has 0 aliphatic rings. The Kier molecular flexibility index (Phi) is 4.57. The maximum atomic E-state index is 4.38. The summed E-state index contributed by atoms with van der Waals surface area (Å²) in [5.74, 6) is 0.815. The van der Waals surface area contributed by atoms with Gasteiger partial charge in [0.1, 0.15) is 0 Å². The van der Waals surface area contributed by atoms with Crippen LogP contribution in [0.1, 0.15) is 42.8 Å². The third-order valence-corrected chi connectivity index (χ3v) is 4.88. The summed E-state index contributed by atoms with van der Waals surface area (Å²) in [5, 5.41) is 16.3. The highest BCUT2D eigenvalue weighted by Crippen LogP contribution is 2.31. The molecule has 1 aromatic heterocycles. The van der Waals surface area contributed by atoms with E-state index in [1.807, 2.05) is 16.8 Å². The Morgan fingerprint density at radius 3 is 2.24 bits per heavy atom. The van der Waals surface area contributed by atoms with Gasteiger partial charge < -0.3 is 5.32 Å². The SMILES string of the molecule is CC[C@](C)(Nc1ccccc1C)c1nnnn1-c1c(C)cccc1C. The van der Waals surface area contributed by atoms with Crippen LogP contribution in [0.5, 0.6) is 0 Å². The zero-order valence-corrected chi connectivity index (χ0v) is 15.5. The molecule has 3 aromatic rings.